The van der Waals surface area contributed by atoms with Crippen LogP contribution in [0.3, 0.4) is 0 Å². The summed E-state index contributed by atoms with van der Waals surface area (Å²) < 4.78 is 2.22. The zero-order chi connectivity index (χ0) is 13.3. The van der Waals surface area contributed by atoms with Gasteiger partial charge in [0, 0.05) is 9.50 Å². The van der Waals surface area contributed by atoms with Crippen molar-refractivity contribution in [1.82, 2.24) is 9.55 Å². The van der Waals surface area contributed by atoms with Gasteiger partial charge in [0.2, 0.25) is 0 Å². The molecule has 0 aliphatic heterocycles. The van der Waals surface area contributed by atoms with Crippen molar-refractivity contribution in [2.24, 2.45) is 0 Å². The van der Waals surface area contributed by atoms with Crippen molar-refractivity contribution < 1.29 is 0 Å². The highest BCUT2D eigenvalue weighted by molar-refractivity contribution is 9.10. The van der Waals surface area contributed by atoms with Crippen molar-refractivity contribution in [2.45, 2.75) is 6.54 Å². The van der Waals surface area contributed by atoms with Crippen molar-refractivity contribution >= 4 is 50.7 Å². The number of rotatable bonds is 2. The maximum atomic E-state index is 11.8. The number of nitrogens with zero attached hydrogens (tertiary/aromatic N) is 2. The van der Waals surface area contributed by atoms with Crippen molar-refractivity contribution in [3.8, 4) is 0 Å². The monoisotopic (exact) mass is 366 g/mol. The topological polar surface area (TPSA) is 34.9 Å². The Morgan fingerprint density at radius 2 is 2.00 bits per heavy atom. The standard InChI is InChI=1S/C11H6BrCl3N2O/c12-7-2-1-6(8(13)3-7)4-17-5-16-10(15)9(14)11(17)18/h1-3,5H,4H2. The fourth-order valence-corrected chi connectivity index (χ4v) is 2.40. The minimum atomic E-state index is -0.393. The van der Waals surface area contributed by atoms with Gasteiger partial charge in [0.15, 0.2) is 5.15 Å². The van der Waals surface area contributed by atoms with E-state index in [1.165, 1.54) is 10.9 Å². The number of hydrogen-bond donors (Lipinski definition) is 0. The van der Waals surface area contributed by atoms with E-state index in [0.29, 0.717) is 5.02 Å². The summed E-state index contributed by atoms with van der Waals surface area (Å²) in [6.07, 6.45) is 1.34. The van der Waals surface area contributed by atoms with Crippen LogP contribution in [0.15, 0.2) is 33.8 Å². The molecule has 18 heavy (non-hydrogen) atoms. The van der Waals surface area contributed by atoms with Crippen LogP contribution < -0.4 is 5.56 Å². The van der Waals surface area contributed by atoms with Gasteiger partial charge in [-0.05, 0) is 17.7 Å². The molecule has 1 heterocycles. The Morgan fingerprint density at radius 1 is 1.28 bits per heavy atom. The van der Waals surface area contributed by atoms with Gasteiger partial charge in [-0.3, -0.25) is 9.36 Å². The average molecular weight is 368 g/mol. The third kappa shape index (κ3) is 2.88. The van der Waals surface area contributed by atoms with Crippen LogP contribution in [0.5, 0.6) is 0 Å². The van der Waals surface area contributed by atoms with Gasteiger partial charge in [0.05, 0.1) is 12.9 Å². The fourth-order valence-electron chi connectivity index (χ4n) is 1.39. The maximum Gasteiger partial charge on any atom is 0.273 e. The Balaban J connectivity index is 2.41. The second kappa shape index (κ2) is 5.61. The lowest BCUT2D eigenvalue weighted by Crippen LogP contribution is -2.21. The first-order valence-corrected chi connectivity index (χ1v) is 6.76. The van der Waals surface area contributed by atoms with E-state index in [9.17, 15) is 4.79 Å². The normalized spacial score (nSPS) is 10.7. The van der Waals surface area contributed by atoms with Crippen LogP contribution in [-0.4, -0.2) is 9.55 Å². The first-order valence-electron chi connectivity index (χ1n) is 4.83. The molecule has 2 rings (SSSR count). The van der Waals surface area contributed by atoms with Crippen LogP contribution in [0.2, 0.25) is 15.2 Å². The summed E-state index contributed by atoms with van der Waals surface area (Å²) in [7, 11) is 0. The summed E-state index contributed by atoms with van der Waals surface area (Å²) in [5, 5.41) is 0.467. The number of hydrogen-bond acceptors (Lipinski definition) is 2. The molecule has 0 spiro atoms. The lowest BCUT2D eigenvalue weighted by Gasteiger charge is -2.08. The summed E-state index contributed by atoms with van der Waals surface area (Å²) in [6.45, 7) is 0.287. The number of benzene rings is 1. The van der Waals surface area contributed by atoms with Gasteiger partial charge in [-0.15, -0.1) is 0 Å². The summed E-state index contributed by atoms with van der Waals surface area (Å²) in [4.78, 5) is 15.7. The van der Waals surface area contributed by atoms with E-state index in [2.05, 4.69) is 20.9 Å². The van der Waals surface area contributed by atoms with Crippen LogP contribution in [0.25, 0.3) is 0 Å². The van der Waals surface area contributed by atoms with Gasteiger partial charge in [-0.1, -0.05) is 56.8 Å². The van der Waals surface area contributed by atoms with Crippen LogP contribution in [0.4, 0.5) is 0 Å². The summed E-state index contributed by atoms with van der Waals surface area (Å²) in [6, 6.07) is 5.42. The van der Waals surface area contributed by atoms with Crippen molar-refractivity contribution in [2.75, 3.05) is 0 Å². The van der Waals surface area contributed by atoms with E-state index < -0.39 is 5.56 Å². The Kier molecular flexibility index (Phi) is 4.33. The van der Waals surface area contributed by atoms with Crippen LogP contribution >= 0.6 is 50.7 Å². The molecular weight excluding hydrogens is 362 g/mol. The molecule has 0 atom stereocenters. The van der Waals surface area contributed by atoms with Crippen molar-refractivity contribution in [3.63, 3.8) is 0 Å². The van der Waals surface area contributed by atoms with E-state index in [1.807, 2.05) is 12.1 Å². The molecule has 0 saturated carbocycles. The molecule has 3 nitrogen and oxygen atoms in total. The van der Waals surface area contributed by atoms with E-state index in [4.69, 9.17) is 34.8 Å². The highest BCUT2D eigenvalue weighted by atomic mass is 79.9. The second-order valence-electron chi connectivity index (χ2n) is 3.52. The molecule has 0 amide bonds. The minimum Gasteiger partial charge on any atom is -0.293 e. The summed E-state index contributed by atoms with van der Waals surface area (Å²) in [5.74, 6) is 0. The van der Waals surface area contributed by atoms with Gasteiger partial charge in [0.1, 0.15) is 5.02 Å². The smallest absolute Gasteiger partial charge is 0.273 e. The summed E-state index contributed by atoms with van der Waals surface area (Å²) in [5.41, 5.74) is 0.401. The lowest BCUT2D eigenvalue weighted by molar-refractivity contribution is 0.736. The lowest BCUT2D eigenvalue weighted by atomic mass is 10.2. The minimum absolute atomic E-state index is 0.000167. The van der Waals surface area contributed by atoms with E-state index in [-0.39, 0.29) is 16.7 Å². The van der Waals surface area contributed by atoms with Gasteiger partial charge < -0.3 is 0 Å². The zero-order valence-electron chi connectivity index (χ0n) is 8.83. The molecule has 94 valence electrons. The van der Waals surface area contributed by atoms with Gasteiger partial charge in [-0.2, -0.15) is 0 Å². The summed E-state index contributed by atoms with van der Waals surface area (Å²) >= 11 is 20.8. The highest BCUT2D eigenvalue weighted by Crippen LogP contribution is 2.22. The molecule has 0 radical (unpaired) electrons. The third-order valence-corrected chi connectivity index (χ3v) is 3.87. The van der Waals surface area contributed by atoms with Crippen LogP contribution in [0, 0.1) is 0 Å². The van der Waals surface area contributed by atoms with Gasteiger partial charge >= 0.3 is 0 Å². The predicted octanol–water partition coefficient (Wildman–Crippen LogP) is 4.01. The molecule has 0 bridgehead atoms. The van der Waals surface area contributed by atoms with Crippen LogP contribution in [0.1, 0.15) is 5.56 Å². The first-order chi connectivity index (χ1) is 8.49. The highest BCUT2D eigenvalue weighted by Gasteiger charge is 2.09. The predicted molar refractivity (Wildman–Crippen MR) is 76.8 cm³/mol. The first kappa shape index (κ1) is 13.9. The SMILES string of the molecule is O=c1c(Cl)c(Cl)ncn1Cc1ccc(Br)cc1Cl. The molecule has 7 heteroatoms. The number of aromatic nitrogens is 2. The largest absolute Gasteiger partial charge is 0.293 e. The Morgan fingerprint density at radius 3 is 2.67 bits per heavy atom. The molecule has 0 N–H and O–H groups in total. The van der Waals surface area contributed by atoms with E-state index in [1.54, 1.807) is 6.07 Å². The maximum absolute atomic E-state index is 11.8. The average Bonchev–Trinajstić information content (AvgIpc) is 2.33. The quantitative estimate of drug-likeness (QED) is 0.751. The Hall–Kier alpha value is -0.550. The van der Waals surface area contributed by atoms with Gasteiger partial charge in [0.25, 0.3) is 5.56 Å². The van der Waals surface area contributed by atoms with E-state index in [0.717, 1.165) is 10.0 Å². The molecule has 1 aromatic heterocycles. The molecule has 2 aromatic rings. The molecule has 1 aromatic carbocycles. The molecule has 0 aliphatic carbocycles. The molecule has 0 unspecified atom stereocenters. The van der Waals surface area contributed by atoms with Crippen molar-refractivity contribution in [3.05, 3.63) is 60.1 Å². The molecule has 0 fully saturated rings. The van der Waals surface area contributed by atoms with E-state index >= 15 is 0 Å². The second-order valence-corrected chi connectivity index (χ2v) is 5.58. The zero-order valence-corrected chi connectivity index (χ0v) is 12.7. The van der Waals surface area contributed by atoms with Crippen molar-refractivity contribution in [1.29, 1.82) is 0 Å². The molecule has 0 aliphatic rings. The molecule has 0 saturated heterocycles. The fraction of sp³-hybridized carbons (Fsp3) is 0.0909. The Labute approximate surface area is 126 Å². The number of halogens is 4. The molecular formula is C11H6BrCl3N2O. The van der Waals surface area contributed by atoms with Crippen LogP contribution in [-0.2, 0) is 6.54 Å². The third-order valence-electron chi connectivity index (χ3n) is 2.30. The Bertz CT molecular complexity index is 657. The van der Waals surface area contributed by atoms with Gasteiger partial charge in [-0.25, -0.2) is 4.98 Å².